The van der Waals surface area contributed by atoms with E-state index in [2.05, 4.69) is 35.6 Å². The molecule has 41 heavy (non-hydrogen) atoms. The zero-order valence-electron chi connectivity index (χ0n) is 23.3. The molecule has 0 bridgehead atoms. The van der Waals surface area contributed by atoms with E-state index in [1.54, 1.807) is 6.07 Å². The van der Waals surface area contributed by atoms with E-state index in [0.717, 1.165) is 50.9 Å². The van der Waals surface area contributed by atoms with Crippen molar-refractivity contribution in [1.82, 2.24) is 0 Å². The second-order valence-corrected chi connectivity index (χ2v) is 12.1. The third-order valence-electron chi connectivity index (χ3n) is 8.39. The van der Waals surface area contributed by atoms with E-state index in [4.69, 9.17) is 9.47 Å². The molecule has 2 aromatic rings. The Morgan fingerprint density at radius 3 is 2.71 bits per heavy atom. The molecule has 2 aliphatic heterocycles. The summed E-state index contributed by atoms with van der Waals surface area (Å²) in [4.78, 5) is 39.0. The first-order valence-corrected chi connectivity index (χ1v) is 14.9. The van der Waals surface area contributed by atoms with Gasteiger partial charge in [0.1, 0.15) is 0 Å². The number of halogens is 1. The molecule has 0 saturated carbocycles. The number of nitro benzene ring substituents is 1. The lowest BCUT2D eigenvalue weighted by Crippen LogP contribution is -2.34. The van der Waals surface area contributed by atoms with Crippen LogP contribution in [0.1, 0.15) is 51.5 Å². The molecule has 1 N–H and O–H groups in total. The average Bonchev–Trinajstić information content (AvgIpc) is 3.48. The Hall–Kier alpha value is -3.25. The van der Waals surface area contributed by atoms with Crippen LogP contribution in [0.2, 0.25) is 0 Å². The third kappa shape index (κ3) is 5.51. The van der Waals surface area contributed by atoms with Crippen LogP contribution in [-0.4, -0.2) is 41.7 Å². The summed E-state index contributed by atoms with van der Waals surface area (Å²) in [5, 5.41) is 21.5. The molecule has 5 rings (SSSR count). The van der Waals surface area contributed by atoms with Crippen molar-refractivity contribution in [1.29, 1.82) is 0 Å². The van der Waals surface area contributed by atoms with Gasteiger partial charge in [-0.3, -0.25) is 19.7 Å². The first kappa shape index (κ1) is 29.2. The van der Waals surface area contributed by atoms with Crippen molar-refractivity contribution < 1.29 is 29.1 Å². The predicted octanol–water partition coefficient (Wildman–Crippen LogP) is 6.42. The van der Waals surface area contributed by atoms with Crippen LogP contribution in [0.4, 0.5) is 11.4 Å². The number of hydrogen-bond donors (Lipinski definition) is 1. The summed E-state index contributed by atoms with van der Waals surface area (Å²) in [6.07, 6.45) is 5.97. The maximum absolute atomic E-state index is 13.7. The number of nitro groups is 1. The minimum Gasteiger partial charge on any atom is -0.504 e. The molecule has 0 spiro atoms. The fourth-order valence-electron chi connectivity index (χ4n) is 6.60. The van der Waals surface area contributed by atoms with Crippen LogP contribution < -0.4 is 9.64 Å². The molecule has 2 heterocycles. The number of phenolic OH excluding ortho intramolecular Hbond substituents is 1. The van der Waals surface area contributed by atoms with Gasteiger partial charge in [-0.2, -0.15) is 0 Å². The van der Waals surface area contributed by atoms with E-state index in [1.165, 1.54) is 30.9 Å². The number of rotatable bonds is 9. The topological polar surface area (TPSA) is 119 Å². The largest absolute Gasteiger partial charge is 0.504 e. The summed E-state index contributed by atoms with van der Waals surface area (Å²) in [6, 6.07) is 9.46. The highest BCUT2D eigenvalue weighted by Crippen LogP contribution is 2.50. The summed E-state index contributed by atoms with van der Waals surface area (Å²) < 4.78 is 12.3. The van der Waals surface area contributed by atoms with Crippen LogP contribution in [0.15, 0.2) is 53.1 Å². The van der Waals surface area contributed by atoms with Crippen LogP contribution in [0.5, 0.6) is 11.5 Å². The summed E-state index contributed by atoms with van der Waals surface area (Å²) in [6.45, 7) is 4.54. The van der Waals surface area contributed by atoms with E-state index in [-0.39, 0.29) is 41.0 Å². The van der Waals surface area contributed by atoms with Gasteiger partial charge < -0.3 is 14.6 Å². The van der Waals surface area contributed by atoms with E-state index >= 15 is 0 Å². The van der Waals surface area contributed by atoms with Crippen molar-refractivity contribution >= 4 is 51.9 Å². The number of phenols is 1. The molecule has 3 aliphatic rings. The molecule has 216 valence electrons. The molecular weight excluding hydrogens is 639 g/mol. The van der Waals surface area contributed by atoms with Gasteiger partial charge in [-0.1, -0.05) is 36.6 Å². The number of non-ortho nitro benzene ring substituents is 1. The number of allylic oxidation sites excluding steroid dienone is 2. The number of nitrogens with zero attached hydrogens (tertiary/aromatic N) is 2. The highest BCUT2D eigenvalue weighted by molar-refractivity contribution is 14.1. The van der Waals surface area contributed by atoms with Crippen molar-refractivity contribution in [3.63, 3.8) is 0 Å². The number of ether oxygens (including phenoxy) is 2. The molecular formula is C31H33IN2O7. The summed E-state index contributed by atoms with van der Waals surface area (Å²) >= 11 is 2.10. The molecule has 0 unspecified atom stereocenters. The quantitative estimate of drug-likeness (QED) is 0.107. The number of methoxy groups -OCH3 is 1. The van der Waals surface area contributed by atoms with Gasteiger partial charge in [0.05, 0.1) is 45.8 Å². The van der Waals surface area contributed by atoms with Crippen LogP contribution in [-0.2, 0) is 14.3 Å². The van der Waals surface area contributed by atoms with Crippen LogP contribution in [0.25, 0.3) is 6.08 Å². The van der Waals surface area contributed by atoms with Crippen LogP contribution in [0.3, 0.4) is 0 Å². The minimum atomic E-state index is -0.527. The number of hydrogen-bond acceptors (Lipinski definition) is 7. The lowest BCUT2D eigenvalue weighted by Gasteiger charge is -2.30. The van der Waals surface area contributed by atoms with E-state index in [0.29, 0.717) is 18.8 Å². The Morgan fingerprint density at radius 1 is 1.22 bits per heavy atom. The van der Waals surface area contributed by atoms with Crippen molar-refractivity contribution in [3.8, 4) is 11.5 Å². The molecule has 2 amide bonds. The fraction of sp³-hybridized carbons (Fsp3) is 0.419. The number of aromatic hydroxyl groups is 1. The van der Waals surface area contributed by atoms with E-state index in [9.17, 15) is 24.8 Å². The summed E-state index contributed by atoms with van der Waals surface area (Å²) in [5.41, 5.74) is 4.54. The van der Waals surface area contributed by atoms with Gasteiger partial charge in [0.15, 0.2) is 11.5 Å². The Bertz CT molecular complexity index is 1470. The maximum atomic E-state index is 13.7. The monoisotopic (exact) mass is 672 g/mol. The Kier molecular flexibility index (Phi) is 8.51. The van der Waals surface area contributed by atoms with E-state index < -0.39 is 16.8 Å². The predicted molar refractivity (Wildman–Crippen MR) is 163 cm³/mol. The lowest BCUT2D eigenvalue weighted by atomic mass is 9.70. The Morgan fingerprint density at radius 2 is 2.00 bits per heavy atom. The van der Waals surface area contributed by atoms with Gasteiger partial charge in [-0.05, 0) is 84.5 Å². The minimum absolute atomic E-state index is 0.134. The Labute approximate surface area is 252 Å². The first-order chi connectivity index (χ1) is 19.6. The zero-order valence-corrected chi connectivity index (χ0v) is 25.4. The molecule has 4 atom stereocenters. The van der Waals surface area contributed by atoms with Gasteiger partial charge in [0.2, 0.25) is 11.8 Å². The number of fused-ring (bicyclic) bond motifs is 3. The van der Waals surface area contributed by atoms with Crippen LogP contribution >= 0.6 is 22.6 Å². The molecule has 0 aromatic heterocycles. The van der Waals surface area contributed by atoms with Crippen LogP contribution in [0, 0.1) is 31.4 Å². The van der Waals surface area contributed by atoms with Crippen molar-refractivity contribution in [2.75, 3.05) is 18.6 Å². The van der Waals surface area contributed by atoms with Gasteiger partial charge in [0, 0.05) is 18.1 Å². The number of amides is 2. The van der Waals surface area contributed by atoms with Crippen molar-refractivity contribution in [2.24, 2.45) is 17.8 Å². The maximum Gasteiger partial charge on any atom is 0.271 e. The number of imide groups is 1. The van der Waals surface area contributed by atoms with Gasteiger partial charge in [-0.15, -0.1) is 0 Å². The molecule has 2 aromatic carbocycles. The van der Waals surface area contributed by atoms with Crippen molar-refractivity contribution in [3.05, 3.63) is 72.4 Å². The first-order valence-electron chi connectivity index (χ1n) is 13.8. The molecule has 2 fully saturated rings. The van der Waals surface area contributed by atoms with Gasteiger partial charge >= 0.3 is 0 Å². The van der Waals surface area contributed by atoms with Gasteiger partial charge in [0.25, 0.3) is 5.69 Å². The molecule has 10 heteroatoms. The van der Waals surface area contributed by atoms with Crippen molar-refractivity contribution in [2.45, 2.75) is 52.1 Å². The third-order valence-corrected chi connectivity index (χ3v) is 9.21. The zero-order chi connectivity index (χ0) is 29.4. The highest BCUT2D eigenvalue weighted by atomic mass is 127. The summed E-state index contributed by atoms with van der Waals surface area (Å²) in [5.74, 6) is -1.22. The average molecular weight is 673 g/mol. The molecule has 2 saturated heterocycles. The fourth-order valence-corrected chi connectivity index (χ4v) is 7.23. The number of carbonyl (C=O) groups excluding carboxylic acids is 2. The van der Waals surface area contributed by atoms with E-state index in [1.807, 2.05) is 19.1 Å². The normalized spacial score (nSPS) is 24.1. The smallest absolute Gasteiger partial charge is 0.271 e. The number of anilines is 1. The number of carbonyl (C=O) groups is 2. The SMILES string of the molecule is CCC/C(=C\c1cc(I)c(O)c(OC)c1)CC[C@H]1OC[C@H]2C1=C(C)C[C@H]1C(=O)N(c3cccc([N+](=O)[O-])c3)C(=O)[C@H]12. The second kappa shape index (κ2) is 11.9. The Balaban J connectivity index is 1.35. The summed E-state index contributed by atoms with van der Waals surface area (Å²) in [7, 11) is 1.54. The lowest BCUT2D eigenvalue weighted by molar-refractivity contribution is -0.384. The number of benzene rings is 2. The second-order valence-electron chi connectivity index (χ2n) is 10.9. The standard InChI is InChI=1S/C31H33IN2O7/c1-4-6-18(12-19-13-24(32)29(35)26(14-19)40-3)9-10-25-27-17(2)11-22-28(23(27)16-41-25)31(37)33(30(22)36)20-7-5-8-21(15-20)34(38)39/h5,7-8,12-15,22-23,25,28,35H,4,6,9-11,16H2,1-3H3/b18-12+/t22-,23+,25-,28-/m1/s1. The van der Waals surface area contributed by atoms with Gasteiger partial charge in [-0.25, -0.2) is 4.90 Å². The highest BCUT2D eigenvalue weighted by Gasteiger charge is 2.57. The molecule has 0 radical (unpaired) electrons. The molecule has 1 aliphatic carbocycles. The molecule has 9 nitrogen and oxygen atoms in total.